The Morgan fingerprint density at radius 2 is 0.912 bits per heavy atom. The number of Topliss-reactive ketones (excluding diaryl/α,β-unsaturated/α-hetero) is 1. The van der Waals surface area contributed by atoms with Crippen LogP contribution in [-0.4, -0.2) is 79.5 Å². The van der Waals surface area contributed by atoms with Gasteiger partial charge in [0.25, 0.3) is 0 Å². The maximum atomic E-state index is 13.0. The average Bonchev–Trinajstić information content (AvgIpc) is 3.73. The lowest BCUT2D eigenvalue weighted by atomic mass is 10.0. The number of nitrogens with zero attached hydrogens (tertiary/aromatic N) is 2. The molecule has 0 bridgehead atoms. The van der Waals surface area contributed by atoms with Gasteiger partial charge in [-0.25, -0.2) is 0 Å². The Balaban J connectivity index is 2.31. The number of likely N-dealkylation sites (tertiary alicyclic amines) is 1. The number of unbranched alkanes of at least 4 members (excludes halogenated alkanes) is 24. The Kier molecular flexibility index (Phi) is 38.8. The third kappa shape index (κ3) is 36.1. The van der Waals surface area contributed by atoms with Crippen LogP contribution in [0.3, 0.4) is 0 Å². The van der Waals surface area contributed by atoms with Crippen molar-refractivity contribution in [3.05, 3.63) is 0 Å². The quantitative estimate of drug-likeness (QED) is 0.0448. The number of rotatable bonds is 44. The van der Waals surface area contributed by atoms with E-state index in [-0.39, 0.29) is 18.0 Å². The van der Waals surface area contributed by atoms with Crippen molar-refractivity contribution in [3.63, 3.8) is 0 Å². The van der Waals surface area contributed by atoms with Crippen LogP contribution in [0.25, 0.3) is 0 Å². The van der Waals surface area contributed by atoms with Crippen LogP contribution in [0.2, 0.25) is 0 Å². The molecule has 336 valence electrons. The number of ketones is 1. The van der Waals surface area contributed by atoms with Gasteiger partial charge in [0.2, 0.25) is 0 Å². The topological polar surface area (TPSA) is 76.1 Å². The standard InChI is InChI=1S/C50H96N2O5/c1-4-7-10-13-16-17-18-24-34-45-56-49(54)37-29-25-31-43-52(46-47(53)39-44-51-40-32-33-41-51)42-30-23-19-22-28-38-50(55)57-48(35-26-20-14-11-8-5-2)36-27-21-15-12-9-6-3/h48H,4-46H2,1-3H3. The summed E-state index contributed by atoms with van der Waals surface area (Å²) in [5, 5.41) is 0. The highest BCUT2D eigenvalue weighted by Gasteiger charge is 2.17. The third-order valence-corrected chi connectivity index (χ3v) is 12.1. The second-order valence-corrected chi connectivity index (χ2v) is 17.7. The van der Waals surface area contributed by atoms with E-state index < -0.39 is 0 Å². The third-order valence-electron chi connectivity index (χ3n) is 12.1. The van der Waals surface area contributed by atoms with Gasteiger partial charge >= 0.3 is 11.9 Å². The lowest BCUT2D eigenvalue weighted by Gasteiger charge is -2.22. The van der Waals surface area contributed by atoms with E-state index in [9.17, 15) is 14.4 Å². The van der Waals surface area contributed by atoms with Gasteiger partial charge in [-0.2, -0.15) is 0 Å². The van der Waals surface area contributed by atoms with E-state index in [4.69, 9.17) is 9.47 Å². The summed E-state index contributed by atoms with van der Waals surface area (Å²) in [7, 11) is 0. The monoisotopic (exact) mass is 805 g/mol. The number of ether oxygens (including phenoxy) is 2. The minimum Gasteiger partial charge on any atom is -0.466 e. The van der Waals surface area contributed by atoms with Gasteiger partial charge < -0.3 is 14.4 Å². The summed E-state index contributed by atoms with van der Waals surface area (Å²) in [6.07, 6.45) is 41.2. The molecule has 7 heteroatoms. The van der Waals surface area contributed by atoms with Crippen molar-refractivity contribution in [1.82, 2.24) is 9.80 Å². The normalized spacial score (nSPS) is 13.3. The van der Waals surface area contributed by atoms with Crippen molar-refractivity contribution in [3.8, 4) is 0 Å². The van der Waals surface area contributed by atoms with E-state index in [1.807, 2.05) is 0 Å². The van der Waals surface area contributed by atoms with Crippen LogP contribution in [0.15, 0.2) is 0 Å². The minimum atomic E-state index is -0.0575. The molecule has 0 spiro atoms. The van der Waals surface area contributed by atoms with Crippen LogP contribution < -0.4 is 0 Å². The van der Waals surface area contributed by atoms with Crippen molar-refractivity contribution in [2.24, 2.45) is 0 Å². The second-order valence-electron chi connectivity index (χ2n) is 17.7. The molecule has 7 nitrogen and oxygen atoms in total. The van der Waals surface area contributed by atoms with Gasteiger partial charge in [0.1, 0.15) is 11.9 Å². The van der Waals surface area contributed by atoms with Gasteiger partial charge in [0.15, 0.2) is 0 Å². The highest BCUT2D eigenvalue weighted by atomic mass is 16.5. The molecular weight excluding hydrogens is 709 g/mol. The summed E-state index contributed by atoms with van der Waals surface area (Å²) in [6.45, 7) is 12.9. The average molecular weight is 805 g/mol. The summed E-state index contributed by atoms with van der Waals surface area (Å²) in [6, 6.07) is 0. The SMILES string of the molecule is CCCCCCCCCCCOC(=O)CCCCCN(CCCCCCCC(=O)OC(CCCCCCCC)CCCCCCCC)CC(=O)CCN1CCCC1. The molecule has 1 heterocycles. The molecule has 1 saturated heterocycles. The van der Waals surface area contributed by atoms with Crippen molar-refractivity contribution in [2.75, 3.05) is 45.9 Å². The fourth-order valence-electron chi connectivity index (χ4n) is 8.29. The summed E-state index contributed by atoms with van der Waals surface area (Å²) < 4.78 is 11.6. The predicted molar refractivity (Wildman–Crippen MR) is 242 cm³/mol. The molecule has 0 amide bonds. The van der Waals surface area contributed by atoms with Crippen molar-refractivity contribution in [1.29, 1.82) is 0 Å². The summed E-state index contributed by atoms with van der Waals surface area (Å²) in [5.41, 5.74) is 0. The van der Waals surface area contributed by atoms with Gasteiger partial charge in [-0.15, -0.1) is 0 Å². The smallest absolute Gasteiger partial charge is 0.306 e. The Bertz CT molecular complexity index is 891. The molecule has 0 N–H and O–H groups in total. The molecule has 0 atom stereocenters. The first-order valence-electron chi connectivity index (χ1n) is 25.3. The molecule has 1 rings (SSSR count). The molecule has 57 heavy (non-hydrogen) atoms. The molecule has 0 saturated carbocycles. The van der Waals surface area contributed by atoms with Crippen LogP contribution in [0, 0.1) is 0 Å². The maximum absolute atomic E-state index is 13.0. The molecule has 1 aliphatic heterocycles. The lowest BCUT2D eigenvalue weighted by molar-refractivity contribution is -0.150. The molecule has 0 unspecified atom stereocenters. The zero-order valence-corrected chi connectivity index (χ0v) is 38.4. The van der Waals surface area contributed by atoms with Gasteiger partial charge in [-0.1, -0.05) is 162 Å². The molecule has 1 aliphatic rings. The van der Waals surface area contributed by atoms with Crippen LogP contribution in [0.4, 0.5) is 0 Å². The maximum Gasteiger partial charge on any atom is 0.306 e. The Labute approximate surface area is 354 Å². The Hall–Kier alpha value is -1.47. The van der Waals surface area contributed by atoms with Gasteiger partial charge in [-0.3, -0.25) is 19.3 Å². The largest absolute Gasteiger partial charge is 0.466 e. The molecule has 0 aromatic rings. The molecule has 0 aliphatic carbocycles. The van der Waals surface area contributed by atoms with E-state index in [1.54, 1.807) is 0 Å². The number of hydrogen-bond donors (Lipinski definition) is 0. The van der Waals surface area contributed by atoms with E-state index >= 15 is 0 Å². The second kappa shape index (κ2) is 41.3. The Morgan fingerprint density at radius 3 is 1.44 bits per heavy atom. The fraction of sp³-hybridized carbons (Fsp3) is 0.940. The highest BCUT2D eigenvalue weighted by Crippen LogP contribution is 2.19. The van der Waals surface area contributed by atoms with E-state index in [0.29, 0.717) is 38.2 Å². The van der Waals surface area contributed by atoms with E-state index in [1.165, 1.54) is 135 Å². The number of carbonyl (C=O) groups excluding carboxylic acids is 3. The Morgan fingerprint density at radius 1 is 0.491 bits per heavy atom. The first kappa shape index (κ1) is 53.5. The first-order chi connectivity index (χ1) is 28.0. The van der Waals surface area contributed by atoms with Crippen LogP contribution in [-0.2, 0) is 23.9 Å². The minimum absolute atomic E-state index is 0.00245. The van der Waals surface area contributed by atoms with Gasteiger partial charge in [-0.05, 0) is 96.8 Å². The molecule has 1 fully saturated rings. The van der Waals surface area contributed by atoms with Crippen LogP contribution in [0.1, 0.15) is 252 Å². The summed E-state index contributed by atoms with van der Waals surface area (Å²) in [5.74, 6) is 0.298. The zero-order valence-electron chi connectivity index (χ0n) is 38.4. The van der Waals surface area contributed by atoms with Crippen LogP contribution >= 0.6 is 0 Å². The van der Waals surface area contributed by atoms with Crippen molar-refractivity contribution >= 4 is 17.7 Å². The van der Waals surface area contributed by atoms with Crippen molar-refractivity contribution < 1.29 is 23.9 Å². The first-order valence-corrected chi connectivity index (χ1v) is 25.3. The molecule has 0 aromatic heterocycles. The van der Waals surface area contributed by atoms with Crippen molar-refractivity contribution in [2.45, 2.75) is 258 Å². The fourth-order valence-corrected chi connectivity index (χ4v) is 8.29. The summed E-state index contributed by atoms with van der Waals surface area (Å²) >= 11 is 0. The number of esters is 2. The number of hydrogen-bond acceptors (Lipinski definition) is 7. The van der Waals surface area contributed by atoms with E-state index in [0.717, 1.165) is 110 Å². The lowest BCUT2D eigenvalue weighted by Crippen LogP contribution is -2.33. The zero-order chi connectivity index (χ0) is 41.3. The summed E-state index contributed by atoms with van der Waals surface area (Å²) in [4.78, 5) is 42.9. The molecule has 0 aromatic carbocycles. The van der Waals surface area contributed by atoms with Gasteiger partial charge in [0.05, 0.1) is 13.2 Å². The molecular formula is C50H96N2O5. The molecule has 0 radical (unpaired) electrons. The highest BCUT2D eigenvalue weighted by molar-refractivity contribution is 5.80. The predicted octanol–water partition coefficient (Wildman–Crippen LogP) is 13.7. The number of carbonyl (C=O) groups is 3. The van der Waals surface area contributed by atoms with Gasteiger partial charge in [0, 0.05) is 25.8 Å². The van der Waals surface area contributed by atoms with Crippen LogP contribution in [0.5, 0.6) is 0 Å². The van der Waals surface area contributed by atoms with E-state index in [2.05, 4.69) is 30.6 Å².